The van der Waals surface area contributed by atoms with Crippen LogP contribution in [0.1, 0.15) is 11.1 Å². The van der Waals surface area contributed by atoms with Crippen molar-refractivity contribution >= 4 is 0 Å². The largest absolute Gasteiger partial charge is 0.493 e. The van der Waals surface area contributed by atoms with Gasteiger partial charge in [-0.05, 0) is 36.8 Å². The van der Waals surface area contributed by atoms with Gasteiger partial charge >= 0.3 is 0 Å². The predicted molar refractivity (Wildman–Crippen MR) is 120 cm³/mol. The van der Waals surface area contributed by atoms with E-state index in [1.807, 2.05) is 36.4 Å². The van der Waals surface area contributed by atoms with E-state index < -0.39 is 0 Å². The van der Waals surface area contributed by atoms with Crippen molar-refractivity contribution in [3.8, 4) is 45.8 Å². The number of aryl methyl sites for hydroxylation is 1. The third kappa shape index (κ3) is 4.51. The van der Waals surface area contributed by atoms with E-state index in [-0.39, 0.29) is 0 Å². The summed E-state index contributed by atoms with van der Waals surface area (Å²) in [6.07, 6.45) is 0. The van der Waals surface area contributed by atoms with Gasteiger partial charge < -0.3 is 23.5 Å². The lowest BCUT2D eigenvalue weighted by molar-refractivity contribution is 0.306. The summed E-state index contributed by atoms with van der Waals surface area (Å²) in [6.45, 7) is 2.54. The van der Waals surface area contributed by atoms with Crippen molar-refractivity contribution in [1.82, 2.24) is 10.1 Å². The van der Waals surface area contributed by atoms with Crippen molar-refractivity contribution in [2.75, 3.05) is 21.3 Å². The van der Waals surface area contributed by atoms with Gasteiger partial charge in [-0.25, -0.2) is 0 Å². The Hall–Kier alpha value is -4.00. The molecule has 0 spiro atoms. The van der Waals surface area contributed by atoms with Gasteiger partial charge in [-0.3, -0.25) is 0 Å². The molecule has 3 aromatic carbocycles. The van der Waals surface area contributed by atoms with Crippen molar-refractivity contribution in [2.45, 2.75) is 13.5 Å². The quantitative estimate of drug-likeness (QED) is 0.373. The van der Waals surface area contributed by atoms with Crippen LogP contribution < -0.4 is 18.9 Å². The van der Waals surface area contributed by atoms with Gasteiger partial charge in [0.05, 0.1) is 21.3 Å². The van der Waals surface area contributed by atoms with Gasteiger partial charge in [0.1, 0.15) is 12.4 Å². The van der Waals surface area contributed by atoms with Crippen LogP contribution in [-0.2, 0) is 6.61 Å². The molecule has 0 atom stereocenters. The average Bonchev–Trinajstić information content (AvgIpc) is 3.32. The van der Waals surface area contributed by atoms with E-state index in [1.54, 1.807) is 33.5 Å². The van der Waals surface area contributed by atoms with Crippen molar-refractivity contribution in [3.05, 3.63) is 71.8 Å². The second-order valence-corrected chi connectivity index (χ2v) is 7.14. The molecule has 7 heteroatoms. The van der Waals surface area contributed by atoms with E-state index in [1.165, 1.54) is 5.56 Å². The zero-order chi connectivity index (χ0) is 22.5. The van der Waals surface area contributed by atoms with E-state index in [0.717, 1.165) is 16.9 Å². The molecule has 0 aliphatic rings. The molecule has 32 heavy (non-hydrogen) atoms. The summed E-state index contributed by atoms with van der Waals surface area (Å²) < 4.78 is 27.6. The second kappa shape index (κ2) is 9.43. The topological polar surface area (TPSA) is 75.8 Å². The number of benzene rings is 3. The van der Waals surface area contributed by atoms with Crippen LogP contribution in [0.15, 0.2) is 65.2 Å². The summed E-state index contributed by atoms with van der Waals surface area (Å²) in [4.78, 5) is 4.54. The molecule has 0 fully saturated rings. The molecule has 0 amide bonds. The number of ether oxygens (including phenoxy) is 4. The molecule has 4 rings (SSSR count). The van der Waals surface area contributed by atoms with Gasteiger partial charge in [-0.15, -0.1) is 0 Å². The summed E-state index contributed by atoms with van der Waals surface area (Å²) in [5, 5.41) is 4.13. The van der Waals surface area contributed by atoms with Crippen LogP contribution in [0.3, 0.4) is 0 Å². The molecule has 0 saturated heterocycles. The molecule has 0 radical (unpaired) electrons. The molecule has 164 valence electrons. The average molecular weight is 432 g/mol. The van der Waals surface area contributed by atoms with E-state index >= 15 is 0 Å². The Morgan fingerprint density at radius 1 is 0.812 bits per heavy atom. The Balaban J connectivity index is 1.57. The molecule has 1 heterocycles. The van der Waals surface area contributed by atoms with Crippen LogP contribution in [0.5, 0.6) is 23.0 Å². The highest BCUT2D eigenvalue weighted by molar-refractivity contribution is 5.67. The van der Waals surface area contributed by atoms with Crippen molar-refractivity contribution < 1.29 is 23.5 Å². The Labute approximate surface area is 186 Å². The molecule has 7 nitrogen and oxygen atoms in total. The zero-order valence-electron chi connectivity index (χ0n) is 18.4. The van der Waals surface area contributed by atoms with Crippen LogP contribution in [0.4, 0.5) is 0 Å². The first-order chi connectivity index (χ1) is 15.6. The van der Waals surface area contributed by atoms with Crippen molar-refractivity contribution in [1.29, 1.82) is 0 Å². The van der Waals surface area contributed by atoms with Crippen LogP contribution in [0.25, 0.3) is 22.8 Å². The maximum Gasteiger partial charge on any atom is 0.258 e. The van der Waals surface area contributed by atoms with Crippen molar-refractivity contribution in [3.63, 3.8) is 0 Å². The Kier molecular flexibility index (Phi) is 6.26. The normalized spacial score (nSPS) is 10.6. The maximum absolute atomic E-state index is 5.95. The molecule has 1 aromatic heterocycles. The summed E-state index contributed by atoms with van der Waals surface area (Å²) in [5.74, 6) is 3.03. The molecule has 0 N–H and O–H groups in total. The summed E-state index contributed by atoms with van der Waals surface area (Å²) in [6, 6.07) is 19.4. The monoisotopic (exact) mass is 432 g/mol. The smallest absolute Gasteiger partial charge is 0.258 e. The minimum atomic E-state index is 0.338. The van der Waals surface area contributed by atoms with Crippen molar-refractivity contribution in [2.24, 2.45) is 0 Å². The minimum absolute atomic E-state index is 0.338. The number of rotatable bonds is 8. The fourth-order valence-electron chi connectivity index (χ4n) is 3.36. The van der Waals surface area contributed by atoms with Gasteiger partial charge in [0.15, 0.2) is 11.5 Å². The first-order valence-corrected chi connectivity index (χ1v) is 10.0. The molecule has 4 aromatic rings. The van der Waals surface area contributed by atoms with Gasteiger partial charge in [0.25, 0.3) is 5.89 Å². The Morgan fingerprint density at radius 2 is 1.56 bits per heavy atom. The first kappa shape index (κ1) is 21.2. The molecular weight excluding hydrogens is 408 g/mol. The lowest BCUT2D eigenvalue weighted by Crippen LogP contribution is -1.96. The number of hydrogen-bond donors (Lipinski definition) is 0. The SMILES string of the molecule is COc1cc(-c2nc(-c3cccc(OCc4cccc(C)c4)c3)no2)cc(OC)c1OC. The van der Waals surface area contributed by atoms with Crippen LogP contribution >= 0.6 is 0 Å². The van der Waals surface area contributed by atoms with Gasteiger partial charge in [-0.2, -0.15) is 4.98 Å². The Bertz CT molecular complexity index is 1190. The van der Waals surface area contributed by atoms with Crippen LogP contribution in [0.2, 0.25) is 0 Å². The molecule has 0 aliphatic carbocycles. The van der Waals surface area contributed by atoms with Gasteiger partial charge in [0.2, 0.25) is 11.6 Å². The number of nitrogens with zero attached hydrogens (tertiary/aromatic N) is 2. The van der Waals surface area contributed by atoms with Gasteiger partial charge in [-0.1, -0.05) is 47.1 Å². The number of aromatic nitrogens is 2. The fraction of sp³-hybridized carbons (Fsp3) is 0.200. The molecule has 0 aliphatic heterocycles. The summed E-state index contributed by atoms with van der Waals surface area (Å²) in [7, 11) is 4.67. The lowest BCUT2D eigenvalue weighted by Gasteiger charge is -2.12. The number of methoxy groups -OCH3 is 3. The highest BCUT2D eigenvalue weighted by Crippen LogP contribution is 2.41. The highest BCUT2D eigenvalue weighted by atomic mass is 16.5. The summed E-state index contributed by atoms with van der Waals surface area (Å²) in [5.41, 5.74) is 3.75. The maximum atomic E-state index is 5.95. The van der Waals surface area contributed by atoms with Gasteiger partial charge in [0, 0.05) is 11.1 Å². The van der Waals surface area contributed by atoms with E-state index in [2.05, 4.69) is 29.2 Å². The Morgan fingerprint density at radius 3 is 2.25 bits per heavy atom. The first-order valence-electron chi connectivity index (χ1n) is 10.0. The third-order valence-corrected chi connectivity index (χ3v) is 4.92. The van der Waals surface area contributed by atoms with Crippen LogP contribution in [0, 0.1) is 6.92 Å². The fourth-order valence-corrected chi connectivity index (χ4v) is 3.36. The standard InChI is InChI=1S/C25H24N2O5/c1-16-7-5-8-17(11-16)15-31-20-10-6-9-18(12-20)24-26-25(32-27-24)19-13-21(28-2)23(30-4)22(14-19)29-3/h5-14H,15H2,1-4H3. The molecular formula is C25H24N2O5. The lowest BCUT2D eigenvalue weighted by atomic mass is 10.1. The van der Waals surface area contributed by atoms with E-state index in [0.29, 0.717) is 41.1 Å². The second-order valence-electron chi connectivity index (χ2n) is 7.14. The molecule has 0 unspecified atom stereocenters. The third-order valence-electron chi connectivity index (χ3n) is 4.92. The summed E-state index contributed by atoms with van der Waals surface area (Å²) >= 11 is 0. The van der Waals surface area contributed by atoms with Crippen LogP contribution in [-0.4, -0.2) is 31.5 Å². The van der Waals surface area contributed by atoms with E-state index in [9.17, 15) is 0 Å². The van der Waals surface area contributed by atoms with E-state index in [4.69, 9.17) is 23.5 Å². The zero-order valence-corrected chi connectivity index (χ0v) is 18.4. The molecule has 0 bridgehead atoms. The predicted octanol–water partition coefficient (Wildman–Crippen LogP) is 5.32. The molecule has 0 saturated carbocycles. The minimum Gasteiger partial charge on any atom is -0.493 e. The number of hydrogen-bond acceptors (Lipinski definition) is 7. The highest BCUT2D eigenvalue weighted by Gasteiger charge is 2.18.